The Hall–Kier alpha value is -2.80. The molecule has 0 unspecified atom stereocenters. The third kappa shape index (κ3) is 3.23. The molecule has 25 heavy (non-hydrogen) atoms. The van der Waals surface area contributed by atoms with Crippen LogP contribution in [0.1, 0.15) is 11.1 Å². The van der Waals surface area contributed by atoms with Crippen LogP contribution in [0.25, 0.3) is 11.0 Å². The van der Waals surface area contributed by atoms with Gasteiger partial charge in [0.25, 0.3) is 0 Å². The molecule has 0 saturated heterocycles. The lowest BCUT2D eigenvalue weighted by atomic mass is 10.1. The number of benzene rings is 2. The summed E-state index contributed by atoms with van der Waals surface area (Å²) < 4.78 is 1.60. The Balaban J connectivity index is 1.52. The molecule has 0 radical (unpaired) electrons. The first-order valence-corrected chi connectivity index (χ1v) is 8.93. The van der Waals surface area contributed by atoms with Crippen LogP contribution in [0.2, 0.25) is 0 Å². The molecule has 1 aliphatic heterocycles. The number of aromatic amines is 1. The molecule has 2 heterocycles. The summed E-state index contributed by atoms with van der Waals surface area (Å²) in [4.78, 5) is 14.5. The summed E-state index contributed by atoms with van der Waals surface area (Å²) >= 11 is 1.63. The van der Waals surface area contributed by atoms with E-state index in [1.165, 1.54) is 5.56 Å². The molecule has 6 nitrogen and oxygen atoms in total. The molecule has 0 spiro atoms. The van der Waals surface area contributed by atoms with Gasteiger partial charge in [-0.2, -0.15) is 5.10 Å². The van der Waals surface area contributed by atoms with E-state index in [2.05, 4.69) is 32.6 Å². The maximum Gasteiger partial charge on any atom is 0.326 e. The van der Waals surface area contributed by atoms with Crippen LogP contribution in [0, 0.1) is 0 Å². The zero-order chi connectivity index (χ0) is 17.2. The molecule has 2 aromatic carbocycles. The van der Waals surface area contributed by atoms with Crippen molar-refractivity contribution in [2.75, 3.05) is 5.75 Å². The smallest absolute Gasteiger partial charge is 0.326 e. The predicted octanol–water partition coefficient (Wildman–Crippen LogP) is 2.46. The summed E-state index contributed by atoms with van der Waals surface area (Å²) in [5.74, 6) is 0.741. The average molecular weight is 351 g/mol. The normalized spacial score (nSPS) is 14.3. The van der Waals surface area contributed by atoms with Crippen molar-refractivity contribution in [3.8, 4) is 0 Å². The van der Waals surface area contributed by atoms with Crippen LogP contribution in [-0.4, -0.2) is 26.2 Å². The number of hydrogen-bond acceptors (Lipinski definition) is 5. The Morgan fingerprint density at radius 3 is 2.80 bits per heavy atom. The van der Waals surface area contributed by atoms with Crippen LogP contribution in [0.3, 0.4) is 0 Å². The second kappa shape index (κ2) is 6.60. The van der Waals surface area contributed by atoms with E-state index in [1.807, 2.05) is 36.4 Å². The molecular weight excluding hydrogens is 334 g/mol. The Bertz CT molecular complexity index is 1030. The third-order valence-electron chi connectivity index (χ3n) is 4.13. The van der Waals surface area contributed by atoms with E-state index in [-0.39, 0.29) is 5.69 Å². The van der Waals surface area contributed by atoms with E-state index in [0.717, 1.165) is 39.8 Å². The van der Waals surface area contributed by atoms with E-state index < -0.39 is 0 Å². The molecule has 0 fully saturated rings. The van der Waals surface area contributed by atoms with Crippen molar-refractivity contribution in [1.29, 1.82) is 0 Å². The van der Waals surface area contributed by atoms with Crippen LogP contribution in [0.15, 0.2) is 63.5 Å². The molecule has 126 valence electrons. The first-order valence-electron chi connectivity index (χ1n) is 7.95. The van der Waals surface area contributed by atoms with Crippen molar-refractivity contribution in [3.05, 3.63) is 70.1 Å². The summed E-state index contributed by atoms with van der Waals surface area (Å²) in [5, 5.41) is 12.8. The molecule has 7 heteroatoms. The molecule has 1 aromatic heterocycles. The number of nitrogens with zero attached hydrogens (tertiary/aromatic N) is 3. The van der Waals surface area contributed by atoms with Crippen LogP contribution < -0.4 is 11.0 Å². The summed E-state index contributed by atoms with van der Waals surface area (Å²) in [6.07, 6.45) is 0. The van der Waals surface area contributed by atoms with Crippen molar-refractivity contribution in [3.63, 3.8) is 0 Å². The number of fused-ring (bicyclic) bond motifs is 1. The number of thioether (sulfide) groups is 1. The molecule has 4 rings (SSSR count). The van der Waals surface area contributed by atoms with Gasteiger partial charge < -0.3 is 10.3 Å². The van der Waals surface area contributed by atoms with Gasteiger partial charge in [0.1, 0.15) is 0 Å². The monoisotopic (exact) mass is 351 g/mol. The van der Waals surface area contributed by atoms with Gasteiger partial charge in [-0.05, 0) is 17.7 Å². The van der Waals surface area contributed by atoms with Gasteiger partial charge in [-0.3, -0.25) is 4.57 Å². The van der Waals surface area contributed by atoms with Gasteiger partial charge in [-0.1, -0.05) is 48.2 Å². The molecule has 0 aliphatic carbocycles. The van der Waals surface area contributed by atoms with Gasteiger partial charge in [0, 0.05) is 24.9 Å². The van der Waals surface area contributed by atoms with Crippen molar-refractivity contribution in [2.24, 2.45) is 17.3 Å². The van der Waals surface area contributed by atoms with Crippen molar-refractivity contribution in [2.45, 2.75) is 6.54 Å². The number of nitrogens with one attached hydrogen (secondary N) is 2. The lowest BCUT2D eigenvalue weighted by molar-refractivity contribution is 0.891. The highest BCUT2D eigenvalue weighted by Crippen LogP contribution is 2.18. The van der Waals surface area contributed by atoms with Gasteiger partial charge in [-0.25, -0.2) is 4.79 Å². The molecule has 0 saturated carbocycles. The third-order valence-corrected chi connectivity index (χ3v) is 5.05. The first kappa shape index (κ1) is 15.7. The number of rotatable bonds is 3. The molecular formula is C18H17N5OS. The second-order valence-electron chi connectivity index (χ2n) is 5.80. The highest BCUT2D eigenvalue weighted by atomic mass is 32.2. The number of aromatic nitrogens is 2. The molecule has 0 atom stereocenters. The zero-order valence-electron chi connectivity index (χ0n) is 13.7. The van der Waals surface area contributed by atoms with Gasteiger partial charge in [0.05, 0.1) is 16.7 Å². The van der Waals surface area contributed by atoms with Gasteiger partial charge in [0.2, 0.25) is 0 Å². The number of H-pyrrole nitrogens is 1. The van der Waals surface area contributed by atoms with Crippen LogP contribution in [0.4, 0.5) is 0 Å². The fourth-order valence-electron chi connectivity index (χ4n) is 2.70. The lowest BCUT2D eigenvalue weighted by Crippen LogP contribution is -2.23. The van der Waals surface area contributed by atoms with Gasteiger partial charge in [0.15, 0.2) is 5.17 Å². The second-order valence-corrected chi connectivity index (χ2v) is 6.76. The highest BCUT2D eigenvalue weighted by Gasteiger charge is 2.14. The average Bonchev–Trinajstić information content (AvgIpc) is 2.95. The Labute approximate surface area is 148 Å². The van der Waals surface area contributed by atoms with Crippen LogP contribution in [0.5, 0.6) is 0 Å². The highest BCUT2D eigenvalue weighted by molar-refractivity contribution is 8.14. The Morgan fingerprint density at radius 1 is 1.20 bits per heavy atom. The van der Waals surface area contributed by atoms with Crippen molar-refractivity contribution < 1.29 is 0 Å². The molecule has 0 amide bonds. The fraction of sp³-hybridized carbons (Fsp3) is 0.167. The van der Waals surface area contributed by atoms with Crippen molar-refractivity contribution >= 4 is 33.7 Å². The van der Waals surface area contributed by atoms with Crippen molar-refractivity contribution in [1.82, 2.24) is 14.9 Å². The minimum Gasteiger partial charge on any atom is -0.359 e. The van der Waals surface area contributed by atoms with E-state index >= 15 is 0 Å². The summed E-state index contributed by atoms with van der Waals surface area (Å²) in [7, 11) is 1.76. The number of aryl methyl sites for hydroxylation is 1. The number of hydrogen-bond donors (Lipinski definition) is 2. The SMILES string of the molecule is Cn1c(=O)[nH]c2ccc(C3=NN=C(NCc4ccccc4)SC3)cc21. The Morgan fingerprint density at radius 2 is 2.04 bits per heavy atom. The fourth-order valence-corrected chi connectivity index (χ4v) is 3.47. The zero-order valence-corrected chi connectivity index (χ0v) is 14.5. The molecule has 1 aliphatic rings. The predicted molar refractivity (Wildman–Crippen MR) is 103 cm³/mol. The quantitative estimate of drug-likeness (QED) is 0.761. The minimum atomic E-state index is -0.113. The number of imidazole rings is 1. The topological polar surface area (TPSA) is 74.5 Å². The van der Waals surface area contributed by atoms with Gasteiger partial charge in [-0.15, -0.1) is 5.10 Å². The minimum absolute atomic E-state index is 0.113. The van der Waals surface area contributed by atoms with Crippen LogP contribution in [-0.2, 0) is 13.6 Å². The summed E-state index contributed by atoms with van der Waals surface area (Å²) in [6, 6.07) is 16.1. The largest absolute Gasteiger partial charge is 0.359 e. The van der Waals surface area contributed by atoms with E-state index in [4.69, 9.17) is 0 Å². The Kier molecular flexibility index (Phi) is 4.15. The summed E-state index contributed by atoms with van der Waals surface area (Å²) in [6.45, 7) is 0.731. The molecule has 3 aromatic rings. The van der Waals surface area contributed by atoms with E-state index in [0.29, 0.717) is 0 Å². The van der Waals surface area contributed by atoms with E-state index in [9.17, 15) is 4.79 Å². The molecule has 2 N–H and O–H groups in total. The van der Waals surface area contributed by atoms with E-state index in [1.54, 1.807) is 23.4 Å². The lowest BCUT2D eigenvalue weighted by Gasteiger charge is -2.13. The molecule has 0 bridgehead atoms. The standard InChI is InChI=1S/C18H17N5OS/c1-23-16-9-13(7-8-14(16)20-18(23)24)15-11-25-17(22-21-15)19-10-12-5-3-2-4-6-12/h2-9H,10-11H2,1H3,(H,19,22)(H,20,24). The van der Waals surface area contributed by atoms with Gasteiger partial charge >= 0.3 is 5.69 Å². The van der Waals surface area contributed by atoms with Crippen LogP contribution >= 0.6 is 11.8 Å². The first-order chi connectivity index (χ1) is 12.2. The summed E-state index contributed by atoms with van der Waals surface area (Å²) in [5.41, 5.74) is 4.68. The maximum atomic E-state index is 11.7. The number of amidine groups is 1. The maximum absolute atomic E-state index is 11.7.